The molecule has 0 bridgehead atoms. The van der Waals surface area contributed by atoms with E-state index in [0.717, 1.165) is 90.5 Å². The lowest BCUT2D eigenvalue weighted by molar-refractivity contribution is -0.131. The lowest BCUT2D eigenvalue weighted by Gasteiger charge is -2.48. The second kappa shape index (κ2) is 20.2. The van der Waals surface area contributed by atoms with E-state index >= 15 is 9.59 Å². The van der Waals surface area contributed by atoms with Gasteiger partial charge in [0.2, 0.25) is 0 Å². The van der Waals surface area contributed by atoms with Crippen molar-refractivity contribution in [2.75, 3.05) is 48.1 Å². The Kier molecular flexibility index (Phi) is 12.8. The Bertz CT molecular complexity index is 3780. The molecule has 2 aromatic heterocycles. The van der Waals surface area contributed by atoms with Gasteiger partial charge in [0.1, 0.15) is 22.6 Å². The Labute approximate surface area is 505 Å². The molecule has 0 saturated carbocycles. The summed E-state index contributed by atoms with van der Waals surface area (Å²) in [5, 5.41) is 7.68. The molecule has 6 aromatic carbocycles. The summed E-state index contributed by atoms with van der Waals surface area (Å²) >= 11 is 16.3. The number of rotatable bonds is 6. The third-order valence-electron chi connectivity index (χ3n) is 19.6. The standard InChI is InChI=1S/2C34H28ClN3O3S/c2*1-41-23-12-8-20(9-13-23)26-15-14-24-27(36-26)16-17-33(31(24)39)30(21-6-10-22(35)11-7-21)29-18-42-19-38(29)34(33)25-4-2-3-5-28(25)37-32(34)40/h2*2-15,29-30H,16-19H2,1H3,(H,37,40)/t2*29-,30-,33-,34-/m10/s1. The number of aryl methyl sites for hydroxylation is 2. The van der Waals surface area contributed by atoms with Crippen molar-refractivity contribution in [3.8, 4) is 34.0 Å². The normalized spacial score (nSPS) is 27.7. The number of ketones is 2. The molecule has 84 heavy (non-hydrogen) atoms. The number of methoxy groups -OCH3 is 2. The zero-order valence-electron chi connectivity index (χ0n) is 45.9. The van der Waals surface area contributed by atoms with Crippen LogP contribution in [-0.4, -0.2) is 92.7 Å². The molecule has 2 aliphatic carbocycles. The van der Waals surface area contributed by atoms with E-state index in [-0.39, 0.29) is 47.3 Å². The van der Waals surface area contributed by atoms with Gasteiger partial charge < -0.3 is 20.1 Å². The molecule has 4 saturated heterocycles. The number of hydrogen-bond acceptors (Lipinski definition) is 12. The number of carbonyl (C=O) groups excluding carboxylic acids is 4. The van der Waals surface area contributed by atoms with Crippen LogP contribution < -0.4 is 20.1 Å². The molecule has 420 valence electrons. The summed E-state index contributed by atoms with van der Waals surface area (Å²) in [7, 11) is 3.29. The molecular weight excluding hydrogens is 1130 g/mol. The summed E-state index contributed by atoms with van der Waals surface area (Å²) < 4.78 is 10.6. The Morgan fingerprint density at radius 3 is 1.29 bits per heavy atom. The fraction of sp³-hybridized carbons (Fsp3) is 0.265. The average Bonchev–Trinajstić information content (AvgIpc) is 1.58. The van der Waals surface area contributed by atoms with Gasteiger partial charge in [0, 0.05) is 102 Å². The van der Waals surface area contributed by atoms with Gasteiger partial charge in [-0.25, -0.2) is 0 Å². The van der Waals surface area contributed by atoms with Crippen molar-refractivity contribution in [3.05, 3.63) is 225 Å². The lowest BCUT2D eigenvalue weighted by Crippen LogP contribution is -2.60. The predicted molar refractivity (Wildman–Crippen MR) is 330 cm³/mol. The van der Waals surface area contributed by atoms with Crippen LogP contribution in [0, 0.1) is 10.8 Å². The molecule has 16 rings (SSSR count). The van der Waals surface area contributed by atoms with Crippen molar-refractivity contribution in [1.82, 2.24) is 19.8 Å². The minimum atomic E-state index is -1.12. The molecule has 4 spiro atoms. The summed E-state index contributed by atoms with van der Waals surface area (Å²) in [5.74, 6) is 4.05. The van der Waals surface area contributed by atoms with Crippen LogP contribution in [0.3, 0.4) is 0 Å². The number of thioether (sulfide) groups is 2. The van der Waals surface area contributed by atoms with Crippen molar-refractivity contribution in [3.63, 3.8) is 0 Å². The second-order valence-corrected chi connectivity index (χ2v) is 25.9. The van der Waals surface area contributed by atoms with E-state index in [1.807, 2.05) is 193 Å². The van der Waals surface area contributed by atoms with E-state index in [9.17, 15) is 9.59 Å². The predicted octanol–water partition coefficient (Wildman–Crippen LogP) is 13.1. The highest BCUT2D eigenvalue weighted by Crippen LogP contribution is 2.72. The Hall–Kier alpha value is -7.30. The Morgan fingerprint density at radius 2 is 0.893 bits per heavy atom. The second-order valence-electron chi connectivity index (χ2n) is 23.0. The number of Topliss-reactive ketones (excluding diaryl/α,β-unsaturated/α-hetero) is 2. The number of ether oxygens (including phenoxy) is 2. The van der Waals surface area contributed by atoms with Crippen LogP contribution in [-0.2, 0) is 33.5 Å². The summed E-state index contributed by atoms with van der Waals surface area (Å²) in [6, 6.07) is 54.9. The number of aromatic nitrogens is 2. The van der Waals surface area contributed by atoms with Crippen molar-refractivity contribution in [2.45, 2.75) is 60.7 Å². The van der Waals surface area contributed by atoms with E-state index in [1.54, 1.807) is 14.2 Å². The summed E-state index contributed by atoms with van der Waals surface area (Å²) in [4.78, 5) is 74.2. The van der Waals surface area contributed by atoms with Gasteiger partial charge in [-0.15, -0.1) is 23.5 Å². The maximum absolute atomic E-state index is 15.3. The SMILES string of the molecule is COc1ccc(-c2ccc3c(n2)CC[C@@]2(C3=O)[C@@H](c3ccc(Cl)cc3)[C@@H]3CSCN3[C@@]23C(=O)Nc2ccccc23)cc1.COc1ccc(-c2ccc3c(n2)CC[C@]2(C3=O)[C@H](c3ccc(Cl)cc3)[C@H]3CSCN3[C@]23C(=O)Nc2ccccc23)cc1. The van der Waals surface area contributed by atoms with Gasteiger partial charge >= 0.3 is 0 Å². The smallest absolute Gasteiger partial charge is 0.250 e. The number of hydrogen-bond donors (Lipinski definition) is 2. The molecular formula is C68H56Cl2N6O6S2. The Morgan fingerprint density at radius 1 is 0.500 bits per heavy atom. The number of nitrogens with one attached hydrogen (secondary N) is 2. The largest absolute Gasteiger partial charge is 0.497 e. The number of nitrogens with zero attached hydrogens (tertiary/aromatic N) is 4. The molecule has 8 aliphatic rings. The highest BCUT2D eigenvalue weighted by atomic mass is 35.5. The molecule has 2 N–H and O–H groups in total. The fourth-order valence-electron chi connectivity index (χ4n) is 16.3. The van der Waals surface area contributed by atoms with Crippen molar-refractivity contribution in [1.29, 1.82) is 0 Å². The molecule has 2 amide bonds. The first-order chi connectivity index (χ1) is 41.0. The topological polar surface area (TPSA) is 143 Å². The first kappa shape index (κ1) is 53.4. The minimum absolute atomic E-state index is 0.00346. The quantitative estimate of drug-likeness (QED) is 0.164. The summed E-state index contributed by atoms with van der Waals surface area (Å²) in [6.07, 6.45) is 2.23. The number of fused-ring (bicyclic) bond motifs is 12. The van der Waals surface area contributed by atoms with E-state index in [0.29, 0.717) is 58.6 Å². The molecule has 0 unspecified atom stereocenters. The molecule has 8 heterocycles. The zero-order valence-corrected chi connectivity index (χ0v) is 49.1. The number of para-hydroxylation sites is 2. The van der Waals surface area contributed by atoms with Crippen molar-refractivity contribution < 1.29 is 28.7 Å². The van der Waals surface area contributed by atoms with Crippen LogP contribution in [0.25, 0.3) is 22.5 Å². The van der Waals surface area contributed by atoms with Gasteiger partial charge in [0.25, 0.3) is 11.8 Å². The van der Waals surface area contributed by atoms with Gasteiger partial charge in [-0.2, -0.15) is 0 Å². The maximum atomic E-state index is 15.3. The van der Waals surface area contributed by atoms with Gasteiger partial charge in [0.15, 0.2) is 11.6 Å². The minimum Gasteiger partial charge on any atom is -0.497 e. The number of carbonyl (C=O) groups is 4. The molecule has 6 aliphatic heterocycles. The first-order valence-corrected chi connectivity index (χ1v) is 31.4. The first-order valence-electron chi connectivity index (χ1n) is 28.4. The summed E-state index contributed by atoms with van der Waals surface area (Å²) in [5.41, 5.74) is 7.58. The fourth-order valence-corrected chi connectivity index (χ4v) is 19.2. The van der Waals surface area contributed by atoms with Gasteiger partial charge in [-0.05, 0) is 146 Å². The van der Waals surface area contributed by atoms with E-state index in [4.69, 9.17) is 42.6 Å². The van der Waals surface area contributed by atoms with Crippen molar-refractivity contribution in [2.24, 2.45) is 10.8 Å². The number of benzene rings is 6. The van der Waals surface area contributed by atoms with Gasteiger partial charge in [0.05, 0.1) is 47.8 Å². The van der Waals surface area contributed by atoms with E-state index in [1.165, 1.54) is 0 Å². The highest BCUT2D eigenvalue weighted by molar-refractivity contribution is 7.99. The molecule has 8 atom stereocenters. The van der Waals surface area contributed by atoms with Crippen LogP contribution in [0.15, 0.2) is 170 Å². The number of pyridine rings is 2. The maximum Gasteiger partial charge on any atom is 0.250 e. The van der Waals surface area contributed by atoms with Gasteiger partial charge in [-0.1, -0.05) is 83.9 Å². The van der Waals surface area contributed by atoms with Crippen LogP contribution in [0.2, 0.25) is 10.0 Å². The van der Waals surface area contributed by atoms with Crippen LogP contribution in [0.4, 0.5) is 11.4 Å². The van der Waals surface area contributed by atoms with Crippen LogP contribution in [0.1, 0.15) is 79.0 Å². The van der Waals surface area contributed by atoms with Crippen LogP contribution in [0.5, 0.6) is 11.5 Å². The van der Waals surface area contributed by atoms with Crippen LogP contribution >= 0.6 is 46.7 Å². The van der Waals surface area contributed by atoms with Gasteiger partial charge in [-0.3, -0.25) is 38.9 Å². The number of anilines is 2. The third kappa shape index (κ3) is 7.37. The average molecular weight is 1190 g/mol. The molecule has 0 radical (unpaired) electrons. The number of halogens is 2. The number of amides is 2. The van der Waals surface area contributed by atoms with Crippen molar-refractivity contribution >= 4 is 81.5 Å². The molecule has 16 heteroatoms. The van der Waals surface area contributed by atoms with E-state index in [2.05, 4.69) is 20.4 Å². The molecule has 4 fully saturated rings. The lowest BCUT2D eigenvalue weighted by atomic mass is 9.53. The molecule has 12 nitrogen and oxygen atoms in total. The summed E-state index contributed by atoms with van der Waals surface area (Å²) in [6.45, 7) is 0. The monoisotopic (exact) mass is 1190 g/mol. The van der Waals surface area contributed by atoms with E-state index < -0.39 is 21.9 Å². The Balaban J connectivity index is 0.000000143. The highest BCUT2D eigenvalue weighted by Gasteiger charge is 2.79. The third-order valence-corrected chi connectivity index (χ3v) is 22.2. The zero-order chi connectivity index (χ0) is 57.3. The molecule has 8 aromatic rings.